The number of hydrogen-bond donors (Lipinski definition) is 2. The molecule has 12 heteroatoms. The molecule has 1 fully saturated rings. The Bertz CT molecular complexity index is 804. The van der Waals surface area contributed by atoms with Gasteiger partial charge in [-0.2, -0.15) is 0 Å². The Hall–Kier alpha value is -2.21. The number of carboxylic acids is 1. The van der Waals surface area contributed by atoms with Crippen molar-refractivity contribution in [1.29, 1.82) is 0 Å². The number of rotatable bonds is 6. The second-order valence-electron chi connectivity index (χ2n) is 5.27. The molecule has 0 aliphatic carbocycles. The summed E-state index contributed by atoms with van der Waals surface area (Å²) in [5, 5.41) is 8.82. The number of halogens is 4. The lowest BCUT2D eigenvalue weighted by Crippen LogP contribution is -2.36. The van der Waals surface area contributed by atoms with Gasteiger partial charge in [-0.3, -0.25) is 9.59 Å². The average molecular weight is 384 g/mol. The molecule has 7 nitrogen and oxygen atoms in total. The number of carboxylic acid groups (broad SMARTS) is 1. The highest BCUT2D eigenvalue weighted by Crippen LogP contribution is 2.23. The van der Waals surface area contributed by atoms with Crippen LogP contribution in [0.15, 0.2) is 11.0 Å². The first-order valence-electron chi connectivity index (χ1n) is 6.88. The van der Waals surface area contributed by atoms with E-state index in [9.17, 15) is 35.6 Å². The van der Waals surface area contributed by atoms with Crippen molar-refractivity contribution >= 4 is 21.9 Å². The molecule has 1 amide bonds. The van der Waals surface area contributed by atoms with E-state index in [0.717, 1.165) is 4.90 Å². The molecular formula is C13H12F4N2O5S. The van der Waals surface area contributed by atoms with Gasteiger partial charge in [-0.05, 0) is 0 Å². The van der Waals surface area contributed by atoms with Crippen molar-refractivity contribution in [2.45, 2.75) is 11.3 Å². The standard InChI is InChI=1S/C13H12F4N2O5S/c14-7-4-8(15)11(17)12(10(7)16)25(23,24)18-1-2-19-5-6(13(21)22)3-9(19)20/h4,6,18H,1-3,5H2,(H,21,22). The van der Waals surface area contributed by atoms with E-state index >= 15 is 0 Å². The van der Waals surface area contributed by atoms with Gasteiger partial charge in [-0.1, -0.05) is 0 Å². The van der Waals surface area contributed by atoms with E-state index in [0.29, 0.717) is 0 Å². The molecule has 1 saturated heterocycles. The lowest BCUT2D eigenvalue weighted by Gasteiger charge is -2.16. The summed E-state index contributed by atoms with van der Waals surface area (Å²) in [5.41, 5.74) is 0. The average Bonchev–Trinajstić information content (AvgIpc) is 2.87. The molecule has 0 bridgehead atoms. The molecule has 0 saturated carbocycles. The largest absolute Gasteiger partial charge is 0.481 e. The first kappa shape index (κ1) is 19.1. The molecule has 25 heavy (non-hydrogen) atoms. The summed E-state index contributed by atoms with van der Waals surface area (Å²) in [6.45, 7) is -0.951. The second-order valence-corrected chi connectivity index (χ2v) is 6.98. The molecule has 0 radical (unpaired) electrons. The van der Waals surface area contributed by atoms with Gasteiger partial charge < -0.3 is 10.0 Å². The van der Waals surface area contributed by atoms with Crippen LogP contribution in [0.2, 0.25) is 0 Å². The molecule has 1 aliphatic heterocycles. The Morgan fingerprint density at radius 3 is 2.28 bits per heavy atom. The van der Waals surface area contributed by atoms with Crippen LogP contribution in [0.5, 0.6) is 0 Å². The highest BCUT2D eigenvalue weighted by molar-refractivity contribution is 7.89. The number of nitrogens with one attached hydrogen (secondary N) is 1. The van der Waals surface area contributed by atoms with Gasteiger partial charge in [0.2, 0.25) is 15.9 Å². The van der Waals surface area contributed by atoms with Gasteiger partial charge in [-0.25, -0.2) is 30.7 Å². The van der Waals surface area contributed by atoms with Crippen molar-refractivity contribution in [3.05, 3.63) is 29.3 Å². The van der Waals surface area contributed by atoms with E-state index in [1.807, 2.05) is 0 Å². The van der Waals surface area contributed by atoms with Crippen molar-refractivity contribution in [2.24, 2.45) is 5.92 Å². The molecular weight excluding hydrogens is 372 g/mol. The van der Waals surface area contributed by atoms with E-state index in [2.05, 4.69) is 0 Å². The Morgan fingerprint density at radius 1 is 1.24 bits per heavy atom. The Labute approximate surface area is 139 Å². The maximum Gasteiger partial charge on any atom is 0.308 e. The van der Waals surface area contributed by atoms with Crippen LogP contribution < -0.4 is 4.72 Å². The van der Waals surface area contributed by atoms with Gasteiger partial charge in [0.1, 0.15) is 0 Å². The smallest absolute Gasteiger partial charge is 0.308 e. The highest BCUT2D eigenvalue weighted by Gasteiger charge is 2.34. The van der Waals surface area contributed by atoms with Crippen molar-refractivity contribution in [2.75, 3.05) is 19.6 Å². The summed E-state index contributed by atoms with van der Waals surface area (Å²) < 4.78 is 78.8. The molecule has 1 aromatic carbocycles. The van der Waals surface area contributed by atoms with E-state index in [1.54, 1.807) is 4.72 Å². The van der Waals surface area contributed by atoms with Crippen LogP contribution in [0.1, 0.15) is 6.42 Å². The summed E-state index contributed by atoms with van der Waals surface area (Å²) in [5.74, 6) is -10.5. The molecule has 1 heterocycles. The fraction of sp³-hybridized carbons (Fsp3) is 0.385. The monoisotopic (exact) mass is 384 g/mol. The number of benzene rings is 1. The van der Waals surface area contributed by atoms with Gasteiger partial charge in [0.15, 0.2) is 28.2 Å². The fourth-order valence-corrected chi connectivity index (χ4v) is 3.50. The lowest BCUT2D eigenvalue weighted by atomic mass is 10.1. The number of sulfonamides is 1. The van der Waals surface area contributed by atoms with Gasteiger partial charge in [0.05, 0.1) is 5.92 Å². The quantitative estimate of drug-likeness (QED) is 0.548. The minimum Gasteiger partial charge on any atom is -0.481 e. The summed E-state index contributed by atoms with van der Waals surface area (Å²) in [7, 11) is -4.94. The minimum absolute atomic E-state index is 0.126. The third-order valence-corrected chi connectivity index (χ3v) is 5.06. The number of carbonyl (C=O) groups excluding carboxylic acids is 1. The Balaban J connectivity index is 2.09. The predicted molar refractivity (Wildman–Crippen MR) is 73.8 cm³/mol. The van der Waals surface area contributed by atoms with Gasteiger partial charge >= 0.3 is 5.97 Å². The van der Waals surface area contributed by atoms with Crippen LogP contribution >= 0.6 is 0 Å². The van der Waals surface area contributed by atoms with Crippen molar-refractivity contribution in [3.8, 4) is 0 Å². The first-order valence-corrected chi connectivity index (χ1v) is 8.36. The fourth-order valence-electron chi connectivity index (χ4n) is 2.33. The molecule has 138 valence electrons. The third kappa shape index (κ3) is 3.90. The van der Waals surface area contributed by atoms with Crippen molar-refractivity contribution in [3.63, 3.8) is 0 Å². The minimum atomic E-state index is -4.94. The summed E-state index contributed by atoms with van der Waals surface area (Å²) in [4.78, 5) is 21.6. The Morgan fingerprint density at radius 2 is 1.80 bits per heavy atom. The zero-order valence-electron chi connectivity index (χ0n) is 12.4. The third-order valence-electron chi connectivity index (χ3n) is 3.58. The predicted octanol–water partition coefficient (Wildman–Crippen LogP) is 0.454. The number of aliphatic carboxylic acids is 1. The van der Waals surface area contributed by atoms with Crippen LogP contribution in [-0.2, 0) is 19.6 Å². The van der Waals surface area contributed by atoms with Crippen LogP contribution in [0, 0.1) is 29.2 Å². The number of carbonyl (C=O) groups is 2. The Kier molecular flexibility index (Phi) is 5.32. The van der Waals surface area contributed by atoms with Crippen molar-refractivity contribution in [1.82, 2.24) is 9.62 Å². The molecule has 2 rings (SSSR count). The highest BCUT2D eigenvalue weighted by atomic mass is 32.2. The summed E-state index contributed by atoms with van der Waals surface area (Å²) in [6, 6.07) is -0.126. The summed E-state index contributed by atoms with van der Waals surface area (Å²) in [6.07, 6.45) is -0.250. The summed E-state index contributed by atoms with van der Waals surface area (Å²) >= 11 is 0. The zero-order chi connectivity index (χ0) is 18.9. The maximum atomic E-state index is 13.5. The van der Waals surface area contributed by atoms with Crippen LogP contribution in [0.3, 0.4) is 0 Å². The second kappa shape index (κ2) is 6.96. The van der Waals surface area contributed by atoms with Gasteiger partial charge in [0, 0.05) is 32.1 Å². The molecule has 1 atom stereocenters. The molecule has 1 aromatic rings. The molecule has 2 N–H and O–H groups in total. The van der Waals surface area contributed by atoms with E-state index < -0.39 is 62.5 Å². The number of nitrogens with zero attached hydrogens (tertiary/aromatic N) is 1. The topological polar surface area (TPSA) is 104 Å². The maximum absolute atomic E-state index is 13.5. The molecule has 1 unspecified atom stereocenters. The van der Waals surface area contributed by atoms with E-state index in [1.165, 1.54) is 0 Å². The molecule has 1 aliphatic rings. The lowest BCUT2D eigenvalue weighted by molar-refractivity contribution is -0.141. The number of amides is 1. The van der Waals surface area contributed by atoms with Crippen LogP contribution in [-0.4, -0.2) is 49.9 Å². The normalized spacial score (nSPS) is 18.0. The van der Waals surface area contributed by atoms with Crippen LogP contribution in [0.4, 0.5) is 17.6 Å². The van der Waals surface area contributed by atoms with E-state index in [4.69, 9.17) is 5.11 Å². The molecule has 0 spiro atoms. The number of likely N-dealkylation sites (tertiary alicyclic amines) is 1. The van der Waals surface area contributed by atoms with Gasteiger partial charge in [0.25, 0.3) is 0 Å². The first-order chi connectivity index (χ1) is 11.5. The van der Waals surface area contributed by atoms with Crippen LogP contribution in [0.25, 0.3) is 0 Å². The van der Waals surface area contributed by atoms with Crippen molar-refractivity contribution < 1.29 is 40.7 Å². The molecule has 0 aromatic heterocycles. The van der Waals surface area contributed by atoms with Gasteiger partial charge in [-0.15, -0.1) is 0 Å². The number of hydrogen-bond acceptors (Lipinski definition) is 4. The van der Waals surface area contributed by atoms with E-state index in [-0.39, 0.29) is 25.6 Å². The SMILES string of the molecule is O=C(O)C1CC(=O)N(CCNS(=O)(=O)c2c(F)c(F)cc(F)c2F)C1. The zero-order valence-corrected chi connectivity index (χ0v) is 13.2.